The van der Waals surface area contributed by atoms with Crippen molar-refractivity contribution in [2.24, 2.45) is 0 Å². The van der Waals surface area contributed by atoms with Crippen molar-refractivity contribution in [2.75, 3.05) is 13.2 Å². The van der Waals surface area contributed by atoms with Crippen LogP contribution in [0.1, 0.15) is 323 Å². The van der Waals surface area contributed by atoms with Crippen LogP contribution in [0.3, 0.4) is 0 Å². The quantitative estimate of drug-likeness (QED) is 0.0262. The van der Waals surface area contributed by atoms with Crippen LogP contribution in [0.4, 0.5) is 0 Å². The van der Waals surface area contributed by atoms with Crippen LogP contribution in [0.2, 0.25) is 0 Å². The van der Waals surface area contributed by atoms with Gasteiger partial charge in [-0.2, -0.15) is 0 Å². The second-order valence-electron chi connectivity index (χ2n) is 20.3. The minimum absolute atomic E-state index is 0.0721. The molecule has 0 saturated heterocycles. The number of unbranched alkanes of at least 4 members (excludes halogenated alkanes) is 38. The first-order valence-corrected chi connectivity index (χ1v) is 30.0. The summed E-state index contributed by atoms with van der Waals surface area (Å²) in [4.78, 5) is 38.0. The highest BCUT2D eigenvalue weighted by molar-refractivity contribution is 5.71. The van der Waals surface area contributed by atoms with Gasteiger partial charge in [0.25, 0.3) is 0 Å². The van der Waals surface area contributed by atoms with Gasteiger partial charge in [-0.05, 0) is 77.0 Å². The number of rotatable bonds is 55. The van der Waals surface area contributed by atoms with Gasteiger partial charge < -0.3 is 14.2 Å². The van der Waals surface area contributed by atoms with E-state index >= 15 is 0 Å². The van der Waals surface area contributed by atoms with E-state index in [9.17, 15) is 14.4 Å². The second kappa shape index (κ2) is 57.2. The van der Waals surface area contributed by atoms with Crippen molar-refractivity contribution in [1.29, 1.82) is 0 Å². The van der Waals surface area contributed by atoms with Crippen LogP contribution in [-0.2, 0) is 28.6 Å². The van der Waals surface area contributed by atoms with Crippen molar-refractivity contribution in [2.45, 2.75) is 329 Å². The molecule has 0 fully saturated rings. The highest BCUT2D eigenvalue weighted by Crippen LogP contribution is 2.16. The summed E-state index contributed by atoms with van der Waals surface area (Å²) >= 11 is 0. The zero-order valence-electron chi connectivity index (χ0n) is 45.6. The first kappa shape index (κ1) is 65.6. The SMILES string of the molecule is CCCCC/C=C\C/C=C\CCCCCCCCCC(=O)OC(COC(=O)CCCCCCCCCC)COC(=O)CCCCCCCCCCCCCCC/C=C\CCCCCCCCCC. The molecule has 0 aromatic heterocycles. The Hall–Kier alpha value is -2.37. The molecule has 0 radical (unpaired) electrons. The van der Waals surface area contributed by atoms with Crippen LogP contribution in [0.15, 0.2) is 36.5 Å². The highest BCUT2D eigenvalue weighted by atomic mass is 16.6. The molecule has 6 nitrogen and oxygen atoms in total. The van der Waals surface area contributed by atoms with Crippen LogP contribution >= 0.6 is 0 Å². The Morgan fingerprint density at radius 2 is 0.529 bits per heavy atom. The van der Waals surface area contributed by atoms with E-state index in [1.54, 1.807) is 0 Å². The van der Waals surface area contributed by atoms with E-state index in [4.69, 9.17) is 14.2 Å². The average molecular weight is 956 g/mol. The Labute approximate surface area is 423 Å². The summed E-state index contributed by atoms with van der Waals surface area (Å²) in [5.41, 5.74) is 0. The number of hydrogen-bond acceptors (Lipinski definition) is 6. The average Bonchev–Trinajstić information content (AvgIpc) is 3.34. The Bertz CT molecular complexity index is 1140. The third-order valence-corrected chi connectivity index (χ3v) is 13.4. The third-order valence-electron chi connectivity index (χ3n) is 13.4. The number of hydrogen-bond donors (Lipinski definition) is 0. The summed E-state index contributed by atoms with van der Waals surface area (Å²) in [7, 11) is 0. The van der Waals surface area contributed by atoms with Gasteiger partial charge in [0.15, 0.2) is 6.10 Å². The molecule has 0 bridgehead atoms. The minimum Gasteiger partial charge on any atom is -0.462 e. The van der Waals surface area contributed by atoms with Gasteiger partial charge in [0.05, 0.1) is 0 Å². The summed E-state index contributed by atoms with van der Waals surface area (Å²) < 4.78 is 16.8. The standard InChI is InChI=1S/C62H114O6/c1-4-7-10-13-16-19-21-23-25-27-28-29-30-31-32-33-34-36-37-39-41-43-46-49-52-55-61(64)67-58-59(57-66-60(63)54-51-48-45-18-15-12-9-6-3)68-62(65)56-53-50-47-44-42-40-38-35-26-24-22-20-17-14-11-8-5-2/h17,20,24,26-28,59H,4-16,18-19,21-23,25,29-58H2,1-3H3/b20-17-,26-24-,28-27-. The number of ether oxygens (including phenoxy) is 3. The molecular formula is C62H114O6. The van der Waals surface area contributed by atoms with Crippen LogP contribution in [0, 0.1) is 0 Å². The lowest BCUT2D eigenvalue weighted by Crippen LogP contribution is -2.30. The predicted octanol–water partition coefficient (Wildman–Crippen LogP) is 20.0. The molecule has 1 unspecified atom stereocenters. The van der Waals surface area contributed by atoms with Crippen molar-refractivity contribution in [3.8, 4) is 0 Å². The number of esters is 3. The Kier molecular flexibility index (Phi) is 55.2. The van der Waals surface area contributed by atoms with E-state index in [2.05, 4.69) is 57.2 Å². The number of carbonyl (C=O) groups is 3. The molecule has 0 saturated carbocycles. The molecule has 1 atom stereocenters. The van der Waals surface area contributed by atoms with Gasteiger partial charge in [0.2, 0.25) is 0 Å². The lowest BCUT2D eigenvalue weighted by molar-refractivity contribution is -0.167. The molecule has 68 heavy (non-hydrogen) atoms. The molecule has 6 heteroatoms. The van der Waals surface area contributed by atoms with Gasteiger partial charge >= 0.3 is 17.9 Å². The molecular weight excluding hydrogens is 841 g/mol. The molecule has 0 aliphatic heterocycles. The van der Waals surface area contributed by atoms with Gasteiger partial charge in [-0.25, -0.2) is 0 Å². The topological polar surface area (TPSA) is 78.9 Å². The van der Waals surface area contributed by atoms with Crippen LogP contribution in [-0.4, -0.2) is 37.2 Å². The molecule has 0 aromatic rings. The maximum absolute atomic E-state index is 12.8. The fourth-order valence-electron chi connectivity index (χ4n) is 8.82. The van der Waals surface area contributed by atoms with Crippen LogP contribution in [0.25, 0.3) is 0 Å². The van der Waals surface area contributed by atoms with Crippen molar-refractivity contribution in [3.63, 3.8) is 0 Å². The maximum atomic E-state index is 12.8. The molecule has 0 N–H and O–H groups in total. The smallest absolute Gasteiger partial charge is 0.306 e. The fourth-order valence-corrected chi connectivity index (χ4v) is 8.82. The zero-order valence-corrected chi connectivity index (χ0v) is 45.6. The van der Waals surface area contributed by atoms with Gasteiger partial charge in [0, 0.05) is 19.3 Å². The van der Waals surface area contributed by atoms with E-state index in [1.807, 2.05) is 0 Å². The predicted molar refractivity (Wildman–Crippen MR) is 293 cm³/mol. The first-order valence-electron chi connectivity index (χ1n) is 30.0. The molecule has 0 heterocycles. The third kappa shape index (κ3) is 54.6. The van der Waals surface area contributed by atoms with E-state index in [0.717, 1.165) is 70.6 Å². The summed E-state index contributed by atoms with van der Waals surface area (Å²) in [6.07, 6.45) is 68.7. The van der Waals surface area contributed by atoms with Crippen molar-refractivity contribution in [3.05, 3.63) is 36.5 Å². The molecule has 0 amide bonds. The fraction of sp³-hybridized carbons (Fsp3) is 0.855. The summed E-state index contributed by atoms with van der Waals surface area (Å²) in [6, 6.07) is 0. The summed E-state index contributed by atoms with van der Waals surface area (Å²) in [5.74, 6) is -0.868. The summed E-state index contributed by atoms with van der Waals surface area (Å²) in [5, 5.41) is 0. The van der Waals surface area contributed by atoms with Gasteiger partial charge in [0.1, 0.15) is 13.2 Å². The minimum atomic E-state index is -0.772. The lowest BCUT2D eigenvalue weighted by atomic mass is 10.0. The molecule has 0 aliphatic carbocycles. The van der Waals surface area contributed by atoms with Crippen LogP contribution in [0.5, 0.6) is 0 Å². The van der Waals surface area contributed by atoms with Crippen molar-refractivity contribution >= 4 is 17.9 Å². The molecule has 0 rings (SSSR count). The summed E-state index contributed by atoms with van der Waals surface area (Å²) in [6.45, 7) is 6.62. The first-order chi connectivity index (χ1) is 33.5. The normalized spacial score (nSPS) is 12.2. The second-order valence-corrected chi connectivity index (χ2v) is 20.3. The monoisotopic (exact) mass is 955 g/mol. The maximum Gasteiger partial charge on any atom is 0.306 e. The van der Waals surface area contributed by atoms with Crippen molar-refractivity contribution < 1.29 is 28.6 Å². The van der Waals surface area contributed by atoms with E-state index < -0.39 is 6.10 Å². The molecule has 0 spiro atoms. The van der Waals surface area contributed by atoms with Crippen molar-refractivity contribution in [1.82, 2.24) is 0 Å². The highest BCUT2D eigenvalue weighted by Gasteiger charge is 2.19. The Morgan fingerprint density at radius 3 is 0.853 bits per heavy atom. The van der Waals surface area contributed by atoms with Gasteiger partial charge in [-0.3, -0.25) is 14.4 Å². The van der Waals surface area contributed by atoms with E-state index in [1.165, 1.54) is 212 Å². The lowest BCUT2D eigenvalue weighted by Gasteiger charge is -2.18. The van der Waals surface area contributed by atoms with E-state index in [0.29, 0.717) is 19.3 Å². The Morgan fingerprint density at radius 1 is 0.294 bits per heavy atom. The van der Waals surface area contributed by atoms with Gasteiger partial charge in [-0.1, -0.05) is 263 Å². The van der Waals surface area contributed by atoms with Gasteiger partial charge in [-0.15, -0.1) is 0 Å². The molecule has 398 valence electrons. The number of allylic oxidation sites excluding steroid dienone is 6. The van der Waals surface area contributed by atoms with Crippen LogP contribution < -0.4 is 0 Å². The number of carbonyl (C=O) groups excluding carboxylic acids is 3. The zero-order chi connectivity index (χ0) is 49.3. The Balaban J connectivity index is 4.15. The molecule has 0 aliphatic rings. The van der Waals surface area contributed by atoms with E-state index in [-0.39, 0.29) is 31.1 Å². The largest absolute Gasteiger partial charge is 0.462 e. The molecule has 0 aromatic carbocycles.